The molecule has 4 nitrogen and oxygen atoms in total. The summed E-state index contributed by atoms with van der Waals surface area (Å²) in [5, 5.41) is 0. The van der Waals surface area contributed by atoms with Crippen LogP contribution in [0.25, 0.3) is 0 Å². The van der Waals surface area contributed by atoms with Gasteiger partial charge in [-0.15, -0.1) is 0 Å². The zero-order valence-corrected chi connectivity index (χ0v) is 15.6. The van der Waals surface area contributed by atoms with Crippen molar-refractivity contribution in [3.63, 3.8) is 0 Å². The molecule has 1 amide bonds. The molecule has 2 aromatic carbocycles. The maximum Gasteiger partial charge on any atom is 0.339 e. The van der Waals surface area contributed by atoms with E-state index in [1.54, 1.807) is 6.07 Å². The van der Waals surface area contributed by atoms with Gasteiger partial charge < -0.3 is 9.64 Å². The minimum absolute atomic E-state index is 0.0824. The number of hydrogen-bond donors (Lipinski definition) is 0. The van der Waals surface area contributed by atoms with Gasteiger partial charge in [-0.1, -0.05) is 48.5 Å². The van der Waals surface area contributed by atoms with E-state index in [2.05, 4.69) is 24.3 Å². The van der Waals surface area contributed by atoms with Gasteiger partial charge in [0.2, 0.25) is 0 Å². The fraction of sp³-hybridized carbons (Fsp3) is 0.391. The van der Waals surface area contributed by atoms with Crippen molar-refractivity contribution in [2.24, 2.45) is 0 Å². The third-order valence-corrected chi connectivity index (χ3v) is 6.03. The highest BCUT2D eigenvalue weighted by atomic mass is 16.5. The molecule has 4 heteroatoms. The van der Waals surface area contributed by atoms with Crippen LogP contribution in [0.5, 0.6) is 0 Å². The third kappa shape index (κ3) is 3.61. The number of likely N-dealkylation sites (N-methyl/N-ethyl adjacent to an activating group) is 1. The van der Waals surface area contributed by atoms with Crippen LogP contribution in [0.4, 0.5) is 0 Å². The first-order valence-electron chi connectivity index (χ1n) is 9.74. The van der Waals surface area contributed by atoms with Crippen molar-refractivity contribution in [2.45, 2.75) is 50.2 Å². The average molecular weight is 363 g/mol. The van der Waals surface area contributed by atoms with Gasteiger partial charge in [0, 0.05) is 19.5 Å². The van der Waals surface area contributed by atoms with Crippen molar-refractivity contribution in [1.29, 1.82) is 0 Å². The van der Waals surface area contributed by atoms with Gasteiger partial charge in [-0.2, -0.15) is 0 Å². The van der Waals surface area contributed by atoms with Crippen molar-refractivity contribution < 1.29 is 14.3 Å². The van der Waals surface area contributed by atoms with E-state index in [0.717, 1.165) is 31.2 Å². The maximum atomic E-state index is 13.0. The summed E-state index contributed by atoms with van der Waals surface area (Å²) in [6.07, 6.45) is 3.89. The second-order valence-electron chi connectivity index (χ2n) is 7.62. The predicted molar refractivity (Wildman–Crippen MR) is 104 cm³/mol. The number of benzene rings is 2. The van der Waals surface area contributed by atoms with Crippen LogP contribution >= 0.6 is 0 Å². The van der Waals surface area contributed by atoms with Gasteiger partial charge in [-0.05, 0) is 48.8 Å². The molecule has 1 unspecified atom stereocenters. The molecule has 1 fully saturated rings. The predicted octanol–water partition coefficient (Wildman–Crippen LogP) is 3.95. The fourth-order valence-electron chi connectivity index (χ4n) is 4.40. The number of ether oxygens (including phenoxy) is 1. The van der Waals surface area contributed by atoms with Gasteiger partial charge in [-0.25, -0.2) is 4.79 Å². The molecule has 140 valence electrons. The highest BCUT2D eigenvalue weighted by Gasteiger charge is 2.36. The van der Waals surface area contributed by atoms with Crippen LogP contribution in [0.2, 0.25) is 0 Å². The first kappa shape index (κ1) is 17.8. The number of amides is 1. The first-order chi connectivity index (χ1) is 13.1. The lowest BCUT2D eigenvalue weighted by molar-refractivity contribution is -0.142. The molecule has 1 aliphatic heterocycles. The van der Waals surface area contributed by atoms with Crippen molar-refractivity contribution in [3.05, 3.63) is 71.3 Å². The van der Waals surface area contributed by atoms with Crippen LogP contribution in [-0.4, -0.2) is 36.0 Å². The van der Waals surface area contributed by atoms with Gasteiger partial charge in [0.1, 0.15) is 0 Å². The molecule has 4 rings (SSSR count). The Kier molecular flexibility index (Phi) is 4.97. The van der Waals surface area contributed by atoms with Crippen LogP contribution in [-0.2, 0) is 16.0 Å². The van der Waals surface area contributed by atoms with E-state index in [1.165, 1.54) is 5.56 Å². The molecule has 0 radical (unpaired) electrons. The molecule has 1 atom stereocenters. The highest BCUT2D eigenvalue weighted by molar-refractivity contribution is 5.95. The fourth-order valence-corrected chi connectivity index (χ4v) is 4.40. The van der Waals surface area contributed by atoms with Crippen LogP contribution in [0, 0.1) is 0 Å². The van der Waals surface area contributed by atoms with Crippen LogP contribution in [0.1, 0.15) is 53.1 Å². The van der Waals surface area contributed by atoms with E-state index in [9.17, 15) is 9.59 Å². The van der Waals surface area contributed by atoms with Crippen LogP contribution in [0.15, 0.2) is 54.6 Å². The zero-order chi connectivity index (χ0) is 18.8. The summed E-state index contributed by atoms with van der Waals surface area (Å²) in [4.78, 5) is 27.0. The summed E-state index contributed by atoms with van der Waals surface area (Å²) in [6, 6.07) is 18.2. The number of carbonyl (C=O) groups is 2. The number of nitrogens with zero attached hydrogens (tertiary/aromatic N) is 1. The number of hydrogen-bond acceptors (Lipinski definition) is 3. The number of cyclic esters (lactones) is 1. The maximum absolute atomic E-state index is 13.0. The molecule has 0 saturated heterocycles. The standard InChI is InChI=1S/C23H25NO3/c1-24(19-13-11-17(12-14-19)16-7-3-2-4-8-16)22(25)21-15-18-9-5-6-10-20(18)23(26)27-21/h2-10,17,19,21H,11-15H2,1H3. The van der Waals surface area contributed by atoms with Gasteiger partial charge in [0.05, 0.1) is 5.56 Å². The Morgan fingerprint density at radius 2 is 1.63 bits per heavy atom. The van der Waals surface area contributed by atoms with Gasteiger partial charge in [0.25, 0.3) is 5.91 Å². The molecule has 1 aliphatic carbocycles. The summed E-state index contributed by atoms with van der Waals surface area (Å²) in [7, 11) is 1.85. The second kappa shape index (κ2) is 7.55. The second-order valence-corrected chi connectivity index (χ2v) is 7.62. The molecular weight excluding hydrogens is 338 g/mol. The monoisotopic (exact) mass is 363 g/mol. The topological polar surface area (TPSA) is 46.6 Å². The Hall–Kier alpha value is -2.62. The molecule has 0 N–H and O–H groups in total. The van der Waals surface area contributed by atoms with E-state index in [4.69, 9.17) is 4.74 Å². The lowest BCUT2D eigenvalue weighted by atomic mass is 9.81. The summed E-state index contributed by atoms with van der Waals surface area (Å²) in [6.45, 7) is 0. The van der Waals surface area contributed by atoms with E-state index >= 15 is 0 Å². The minimum atomic E-state index is -0.704. The Labute approximate surface area is 160 Å². The first-order valence-corrected chi connectivity index (χ1v) is 9.74. The quantitative estimate of drug-likeness (QED) is 0.776. The lowest BCUT2D eigenvalue weighted by Gasteiger charge is -2.37. The smallest absolute Gasteiger partial charge is 0.339 e. The Bertz CT molecular complexity index is 825. The van der Waals surface area contributed by atoms with E-state index in [-0.39, 0.29) is 11.9 Å². The molecule has 2 aromatic rings. The molecule has 0 aromatic heterocycles. The summed E-state index contributed by atoms with van der Waals surface area (Å²) >= 11 is 0. The van der Waals surface area contributed by atoms with E-state index < -0.39 is 12.1 Å². The largest absolute Gasteiger partial charge is 0.448 e. The minimum Gasteiger partial charge on any atom is -0.448 e. The Morgan fingerprint density at radius 1 is 0.963 bits per heavy atom. The van der Waals surface area contributed by atoms with Gasteiger partial charge >= 0.3 is 5.97 Å². The summed E-state index contributed by atoms with van der Waals surface area (Å²) in [5.74, 6) is 0.0998. The zero-order valence-electron chi connectivity index (χ0n) is 15.6. The normalized spacial score (nSPS) is 24.6. The molecular formula is C23H25NO3. The molecule has 1 saturated carbocycles. The summed E-state index contributed by atoms with van der Waals surface area (Å²) < 4.78 is 5.45. The molecule has 0 bridgehead atoms. The number of carbonyl (C=O) groups excluding carboxylic acids is 2. The summed E-state index contributed by atoms with van der Waals surface area (Å²) in [5.41, 5.74) is 2.86. The van der Waals surface area contributed by atoms with E-state index in [0.29, 0.717) is 17.9 Å². The lowest BCUT2D eigenvalue weighted by Crippen LogP contribution is -2.47. The van der Waals surface area contributed by atoms with Crippen molar-refractivity contribution in [3.8, 4) is 0 Å². The van der Waals surface area contributed by atoms with E-state index in [1.807, 2.05) is 36.2 Å². The number of rotatable bonds is 3. The van der Waals surface area contributed by atoms with Gasteiger partial charge in [-0.3, -0.25) is 4.79 Å². The van der Waals surface area contributed by atoms with Crippen molar-refractivity contribution in [1.82, 2.24) is 4.90 Å². The molecule has 0 spiro atoms. The van der Waals surface area contributed by atoms with Crippen LogP contribution < -0.4 is 0 Å². The SMILES string of the molecule is CN(C(=O)C1Cc2ccccc2C(=O)O1)C1CCC(c2ccccc2)CC1. The van der Waals surface area contributed by atoms with Crippen molar-refractivity contribution in [2.75, 3.05) is 7.05 Å². The number of fused-ring (bicyclic) bond motifs is 1. The molecule has 1 heterocycles. The Morgan fingerprint density at radius 3 is 2.37 bits per heavy atom. The molecule has 27 heavy (non-hydrogen) atoms. The number of esters is 1. The third-order valence-electron chi connectivity index (χ3n) is 6.03. The highest BCUT2D eigenvalue weighted by Crippen LogP contribution is 2.35. The van der Waals surface area contributed by atoms with Crippen LogP contribution in [0.3, 0.4) is 0 Å². The molecule has 2 aliphatic rings. The van der Waals surface area contributed by atoms with Crippen molar-refractivity contribution >= 4 is 11.9 Å². The van der Waals surface area contributed by atoms with Gasteiger partial charge in [0.15, 0.2) is 6.10 Å². The Balaban J connectivity index is 1.38. The average Bonchev–Trinajstić information content (AvgIpc) is 2.73.